The van der Waals surface area contributed by atoms with E-state index in [0.717, 1.165) is 19.9 Å². The number of hydrogen-bond donors (Lipinski definition) is 0. The van der Waals surface area contributed by atoms with Gasteiger partial charge in [-0.3, -0.25) is 4.90 Å². The van der Waals surface area contributed by atoms with E-state index >= 15 is 0 Å². The van der Waals surface area contributed by atoms with Crippen molar-refractivity contribution in [3.63, 3.8) is 0 Å². The molecule has 0 bridgehead atoms. The monoisotopic (exact) mass is 213 g/mol. The van der Waals surface area contributed by atoms with Crippen LogP contribution in [0.3, 0.4) is 0 Å². The van der Waals surface area contributed by atoms with Crippen LogP contribution in [0.4, 0.5) is 0 Å². The maximum absolute atomic E-state index is 5.31. The lowest BCUT2D eigenvalue weighted by molar-refractivity contribution is 0.139. The summed E-state index contributed by atoms with van der Waals surface area (Å²) in [4.78, 5) is 2.41. The van der Waals surface area contributed by atoms with Crippen LogP contribution in [-0.4, -0.2) is 31.3 Å². The fourth-order valence-electron chi connectivity index (χ4n) is 2.10. The minimum atomic E-state index is 0.872. The van der Waals surface area contributed by atoms with E-state index in [1.807, 2.05) is 0 Å². The molecule has 90 valence electrons. The molecule has 1 aliphatic heterocycles. The molecular formula is C13H27NO. The van der Waals surface area contributed by atoms with Gasteiger partial charge in [0.25, 0.3) is 0 Å². The first-order valence-corrected chi connectivity index (χ1v) is 6.73. The second kappa shape index (κ2) is 9.17. The number of nitrogens with zero attached hydrogens (tertiary/aromatic N) is 1. The van der Waals surface area contributed by atoms with E-state index in [4.69, 9.17) is 4.74 Å². The van der Waals surface area contributed by atoms with Crippen molar-refractivity contribution < 1.29 is 4.74 Å². The molecule has 1 saturated heterocycles. The van der Waals surface area contributed by atoms with Crippen LogP contribution in [0.2, 0.25) is 0 Å². The lowest BCUT2D eigenvalue weighted by atomic mass is 10.1. The van der Waals surface area contributed by atoms with Gasteiger partial charge in [0.05, 0.1) is 13.3 Å². The van der Waals surface area contributed by atoms with Crippen molar-refractivity contribution in [3.8, 4) is 0 Å². The van der Waals surface area contributed by atoms with Crippen molar-refractivity contribution in [2.45, 2.75) is 58.3 Å². The third-order valence-corrected chi connectivity index (χ3v) is 3.15. The molecule has 0 radical (unpaired) electrons. The van der Waals surface area contributed by atoms with Gasteiger partial charge in [0.2, 0.25) is 0 Å². The molecule has 0 saturated carbocycles. The summed E-state index contributed by atoms with van der Waals surface area (Å²) in [5, 5.41) is 0. The van der Waals surface area contributed by atoms with Crippen LogP contribution in [0.25, 0.3) is 0 Å². The number of ether oxygens (including phenoxy) is 1. The Labute approximate surface area is 95.0 Å². The van der Waals surface area contributed by atoms with Crippen molar-refractivity contribution in [1.82, 2.24) is 4.90 Å². The molecule has 1 aliphatic rings. The zero-order valence-corrected chi connectivity index (χ0v) is 10.3. The standard InChI is InChI=1S/C13H27NO/c1-2-3-4-5-6-7-8-9-10-14-11-12-15-13-14/h2-13H2,1H3. The zero-order chi connectivity index (χ0) is 10.8. The fraction of sp³-hybridized carbons (Fsp3) is 1.00. The van der Waals surface area contributed by atoms with Gasteiger partial charge < -0.3 is 4.74 Å². The SMILES string of the molecule is CCCCCCCCCCN1CCOC1. The lowest BCUT2D eigenvalue weighted by Crippen LogP contribution is -2.20. The molecule has 0 amide bonds. The highest BCUT2D eigenvalue weighted by molar-refractivity contribution is 4.58. The molecule has 15 heavy (non-hydrogen) atoms. The summed E-state index contributed by atoms with van der Waals surface area (Å²) in [5.41, 5.74) is 0. The largest absolute Gasteiger partial charge is 0.365 e. The Balaban J connectivity index is 1.73. The summed E-state index contributed by atoms with van der Waals surface area (Å²) in [6.45, 7) is 6.48. The lowest BCUT2D eigenvalue weighted by Gasteiger charge is -2.11. The average Bonchev–Trinajstić information content (AvgIpc) is 2.75. The molecule has 0 atom stereocenters. The molecule has 0 unspecified atom stereocenters. The van der Waals surface area contributed by atoms with E-state index in [1.165, 1.54) is 57.9 Å². The first-order chi connectivity index (χ1) is 7.43. The van der Waals surface area contributed by atoms with Crippen LogP contribution in [0.1, 0.15) is 58.3 Å². The number of hydrogen-bond acceptors (Lipinski definition) is 2. The number of unbranched alkanes of at least 4 members (excludes halogenated alkanes) is 7. The molecule has 1 fully saturated rings. The van der Waals surface area contributed by atoms with E-state index in [-0.39, 0.29) is 0 Å². The van der Waals surface area contributed by atoms with Gasteiger partial charge in [0, 0.05) is 13.1 Å². The first kappa shape index (κ1) is 13.0. The van der Waals surface area contributed by atoms with Gasteiger partial charge in [-0.05, 0) is 6.42 Å². The van der Waals surface area contributed by atoms with Crippen LogP contribution >= 0.6 is 0 Å². The molecule has 1 heterocycles. The molecular weight excluding hydrogens is 186 g/mol. The molecule has 0 aromatic carbocycles. The van der Waals surface area contributed by atoms with Gasteiger partial charge in [-0.15, -0.1) is 0 Å². The summed E-state index contributed by atoms with van der Waals surface area (Å²) in [7, 11) is 0. The Kier molecular flexibility index (Phi) is 7.94. The van der Waals surface area contributed by atoms with Gasteiger partial charge in [-0.2, -0.15) is 0 Å². The van der Waals surface area contributed by atoms with Gasteiger partial charge in [0.1, 0.15) is 0 Å². The predicted octanol–water partition coefficient (Wildman–Crippen LogP) is 3.42. The summed E-state index contributed by atoms with van der Waals surface area (Å²) < 4.78 is 5.31. The molecule has 0 N–H and O–H groups in total. The highest BCUT2D eigenvalue weighted by Gasteiger charge is 2.09. The fourth-order valence-corrected chi connectivity index (χ4v) is 2.10. The maximum Gasteiger partial charge on any atom is 0.0991 e. The van der Waals surface area contributed by atoms with E-state index in [9.17, 15) is 0 Å². The second-order valence-corrected chi connectivity index (χ2v) is 4.63. The smallest absolute Gasteiger partial charge is 0.0991 e. The zero-order valence-electron chi connectivity index (χ0n) is 10.3. The molecule has 2 heteroatoms. The van der Waals surface area contributed by atoms with Gasteiger partial charge >= 0.3 is 0 Å². The second-order valence-electron chi connectivity index (χ2n) is 4.63. The molecule has 0 aliphatic carbocycles. The first-order valence-electron chi connectivity index (χ1n) is 6.73. The quantitative estimate of drug-likeness (QED) is 0.544. The topological polar surface area (TPSA) is 12.5 Å². The van der Waals surface area contributed by atoms with E-state index in [0.29, 0.717) is 0 Å². The Hall–Kier alpha value is -0.0800. The molecule has 0 spiro atoms. The molecule has 0 aromatic heterocycles. The minimum Gasteiger partial charge on any atom is -0.365 e. The normalized spacial score (nSPS) is 17.4. The molecule has 0 aromatic rings. The van der Waals surface area contributed by atoms with Gasteiger partial charge in [-0.25, -0.2) is 0 Å². The van der Waals surface area contributed by atoms with Crippen molar-refractivity contribution in [2.75, 3.05) is 26.4 Å². The third-order valence-electron chi connectivity index (χ3n) is 3.15. The van der Waals surface area contributed by atoms with E-state index < -0.39 is 0 Å². The van der Waals surface area contributed by atoms with Crippen molar-refractivity contribution >= 4 is 0 Å². The Morgan fingerprint density at radius 3 is 2.20 bits per heavy atom. The van der Waals surface area contributed by atoms with Crippen molar-refractivity contribution in [1.29, 1.82) is 0 Å². The predicted molar refractivity (Wildman–Crippen MR) is 65.0 cm³/mol. The average molecular weight is 213 g/mol. The Bertz CT molecular complexity index is 132. The highest BCUT2D eigenvalue weighted by Crippen LogP contribution is 2.09. The molecule has 2 nitrogen and oxygen atoms in total. The summed E-state index contributed by atoms with van der Waals surface area (Å²) in [5.74, 6) is 0. The van der Waals surface area contributed by atoms with Crippen LogP contribution in [0.5, 0.6) is 0 Å². The number of rotatable bonds is 9. The third kappa shape index (κ3) is 6.91. The Morgan fingerprint density at radius 1 is 0.933 bits per heavy atom. The van der Waals surface area contributed by atoms with Gasteiger partial charge in [-0.1, -0.05) is 51.9 Å². The summed E-state index contributed by atoms with van der Waals surface area (Å²) in [6, 6.07) is 0. The summed E-state index contributed by atoms with van der Waals surface area (Å²) in [6.07, 6.45) is 11.3. The van der Waals surface area contributed by atoms with E-state index in [1.54, 1.807) is 0 Å². The van der Waals surface area contributed by atoms with Crippen molar-refractivity contribution in [2.24, 2.45) is 0 Å². The maximum atomic E-state index is 5.31. The van der Waals surface area contributed by atoms with Crippen LogP contribution in [-0.2, 0) is 4.74 Å². The van der Waals surface area contributed by atoms with Gasteiger partial charge in [0.15, 0.2) is 0 Å². The van der Waals surface area contributed by atoms with Crippen LogP contribution in [0.15, 0.2) is 0 Å². The van der Waals surface area contributed by atoms with Crippen molar-refractivity contribution in [3.05, 3.63) is 0 Å². The van der Waals surface area contributed by atoms with Crippen LogP contribution < -0.4 is 0 Å². The van der Waals surface area contributed by atoms with E-state index in [2.05, 4.69) is 11.8 Å². The van der Waals surface area contributed by atoms with Crippen LogP contribution in [0, 0.1) is 0 Å². The molecule has 1 rings (SSSR count). The Morgan fingerprint density at radius 2 is 1.60 bits per heavy atom. The highest BCUT2D eigenvalue weighted by atomic mass is 16.5. The summed E-state index contributed by atoms with van der Waals surface area (Å²) >= 11 is 0. The minimum absolute atomic E-state index is 0.872.